The minimum absolute atomic E-state index is 0.0131. The van der Waals surface area contributed by atoms with E-state index in [1.54, 1.807) is 0 Å². The molecule has 0 amide bonds. The molecule has 0 spiro atoms. The van der Waals surface area contributed by atoms with Crippen LogP contribution in [0, 0.1) is 17.0 Å². The molecular weight excluding hydrogens is 454 g/mol. The van der Waals surface area contributed by atoms with E-state index in [2.05, 4.69) is 4.72 Å². The minimum atomic E-state index is -4.21. The first-order chi connectivity index (χ1) is 14.0. The van der Waals surface area contributed by atoms with Crippen molar-refractivity contribution in [2.45, 2.75) is 36.0 Å². The smallest absolute Gasteiger partial charge is 0.270 e. The van der Waals surface area contributed by atoms with Crippen molar-refractivity contribution in [1.82, 2.24) is 4.31 Å². The minimum Gasteiger partial charge on any atom is -0.280 e. The van der Waals surface area contributed by atoms with Gasteiger partial charge in [-0.3, -0.25) is 14.8 Å². The average molecular weight is 474 g/mol. The maximum atomic E-state index is 13.0. The number of hydrogen-bond donors (Lipinski definition) is 1. The summed E-state index contributed by atoms with van der Waals surface area (Å²) in [5.74, 6) is 0. The summed E-state index contributed by atoms with van der Waals surface area (Å²) >= 11 is 6.11. The third kappa shape index (κ3) is 4.59. The monoisotopic (exact) mass is 473 g/mol. The number of nitro groups is 1. The molecule has 0 unspecified atom stereocenters. The molecule has 0 atom stereocenters. The lowest BCUT2D eigenvalue weighted by Crippen LogP contribution is -2.35. The molecule has 0 aromatic heterocycles. The van der Waals surface area contributed by atoms with Gasteiger partial charge in [0.25, 0.3) is 15.7 Å². The van der Waals surface area contributed by atoms with Crippen LogP contribution in [0.2, 0.25) is 5.02 Å². The largest absolute Gasteiger partial charge is 0.280 e. The molecule has 30 heavy (non-hydrogen) atoms. The Balaban J connectivity index is 1.97. The van der Waals surface area contributed by atoms with E-state index in [-0.39, 0.29) is 26.2 Å². The van der Waals surface area contributed by atoms with Crippen LogP contribution in [-0.4, -0.2) is 39.2 Å². The van der Waals surface area contributed by atoms with E-state index in [0.29, 0.717) is 18.7 Å². The first-order valence-electron chi connectivity index (χ1n) is 9.10. The number of hydrogen-bond acceptors (Lipinski definition) is 6. The summed E-state index contributed by atoms with van der Waals surface area (Å²) < 4.78 is 55.2. The number of benzene rings is 2. The fourth-order valence-electron chi connectivity index (χ4n) is 3.21. The Kier molecular flexibility index (Phi) is 6.37. The summed E-state index contributed by atoms with van der Waals surface area (Å²) in [5, 5.41) is 11.0. The van der Waals surface area contributed by atoms with E-state index in [0.717, 1.165) is 31.4 Å². The third-order valence-corrected chi connectivity index (χ3v) is 8.69. The zero-order valence-corrected chi connectivity index (χ0v) is 18.4. The van der Waals surface area contributed by atoms with Gasteiger partial charge in [0, 0.05) is 25.2 Å². The van der Waals surface area contributed by atoms with Crippen LogP contribution >= 0.6 is 11.6 Å². The van der Waals surface area contributed by atoms with Gasteiger partial charge in [0.05, 0.1) is 20.5 Å². The molecule has 0 bridgehead atoms. The summed E-state index contributed by atoms with van der Waals surface area (Å²) in [6.45, 7) is 2.26. The van der Waals surface area contributed by atoms with Crippen LogP contribution < -0.4 is 4.72 Å². The van der Waals surface area contributed by atoms with Crippen LogP contribution in [-0.2, 0) is 20.0 Å². The molecule has 162 valence electrons. The normalized spacial score (nSPS) is 15.7. The van der Waals surface area contributed by atoms with Crippen molar-refractivity contribution in [3.63, 3.8) is 0 Å². The second-order valence-corrected chi connectivity index (χ2v) is 10.9. The van der Waals surface area contributed by atoms with Crippen molar-refractivity contribution in [3.8, 4) is 0 Å². The van der Waals surface area contributed by atoms with E-state index in [1.807, 2.05) is 0 Å². The lowest BCUT2D eigenvalue weighted by Gasteiger charge is -2.26. The van der Waals surface area contributed by atoms with Crippen LogP contribution in [0.5, 0.6) is 0 Å². The molecule has 0 radical (unpaired) electrons. The number of anilines is 1. The molecule has 2 aromatic rings. The van der Waals surface area contributed by atoms with Crippen molar-refractivity contribution in [2.24, 2.45) is 0 Å². The van der Waals surface area contributed by atoms with Crippen molar-refractivity contribution >= 4 is 43.0 Å². The molecule has 1 aliphatic heterocycles. The number of halogens is 1. The summed E-state index contributed by atoms with van der Waals surface area (Å²) in [6, 6.07) is 7.30. The maximum absolute atomic E-state index is 13.0. The quantitative estimate of drug-likeness (QED) is 0.505. The van der Waals surface area contributed by atoms with Gasteiger partial charge in [-0.2, -0.15) is 4.31 Å². The number of non-ortho nitro benzene ring substituents is 1. The van der Waals surface area contributed by atoms with Gasteiger partial charge in [0.2, 0.25) is 10.0 Å². The van der Waals surface area contributed by atoms with Crippen LogP contribution in [0.4, 0.5) is 11.4 Å². The molecule has 0 aliphatic carbocycles. The summed E-state index contributed by atoms with van der Waals surface area (Å²) in [6.07, 6.45) is 2.44. The zero-order valence-electron chi connectivity index (χ0n) is 16.0. The second kappa shape index (κ2) is 8.50. The Bertz CT molecular complexity index is 1190. The van der Waals surface area contributed by atoms with E-state index in [4.69, 9.17) is 11.6 Å². The van der Waals surface area contributed by atoms with Crippen LogP contribution in [0.25, 0.3) is 0 Å². The van der Waals surface area contributed by atoms with Crippen LogP contribution in [0.15, 0.2) is 46.2 Å². The molecular formula is C18H20ClN3O6S2. The first-order valence-corrected chi connectivity index (χ1v) is 12.4. The van der Waals surface area contributed by atoms with Crippen molar-refractivity contribution in [3.05, 3.63) is 57.1 Å². The molecule has 1 fully saturated rings. The van der Waals surface area contributed by atoms with Gasteiger partial charge in [-0.15, -0.1) is 0 Å². The number of piperidine rings is 1. The molecule has 2 aromatic carbocycles. The highest BCUT2D eigenvalue weighted by molar-refractivity contribution is 7.92. The van der Waals surface area contributed by atoms with Gasteiger partial charge in [0.15, 0.2) is 0 Å². The number of nitrogens with zero attached hydrogens (tertiary/aromatic N) is 2. The third-order valence-electron chi connectivity index (χ3n) is 4.79. The summed E-state index contributed by atoms with van der Waals surface area (Å²) in [5.41, 5.74) is -0.0745. The van der Waals surface area contributed by atoms with E-state index >= 15 is 0 Å². The van der Waals surface area contributed by atoms with Gasteiger partial charge >= 0.3 is 0 Å². The molecule has 9 nitrogen and oxygen atoms in total. The standard InChI is InChI=1S/C18H20ClN3O6S2/c1-13-5-7-15(22(23)24)12-17(13)29(25,26)20-14-6-8-16(19)18(11-14)30(27,28)21-9-3-2-4-10-21/h5-8,11-12,20H,2-4,9-10H2,1H3. The van der Waals surface area contributed by atoms with Crippen molar-refractivity contribution < 1.29 is 21.8 Å². The zero-order chi connectivity index (χ0) is 22.1. The molecule has 1 N–H and O–H groups in total. The fraction of sp³-hybridized carbons (Fsp3) is 0.333. The second-order valence-electron chi connectivity index (χ2n) is 6.92. The topological polar surface area (TPSA) is 127 Å². The fourth-order valence-corrected chi connectivity index (χ4v) is 6.54. The van der Waals surface area contributed by atoms with Gasteiger partial charge < -0.3 is 0 Å². The lowest BCUT2D eigenvalue weighted by molar-refractivity contribution is -0.385. The van der Waals surface area contributed by atoms with Gasteiger partial charge in [0.1, 0.15) is 4.90 Å². The Hall–Kier alpha value is -2.21. The summed E-state index contributed by atoms with van der Waals surface area (Å²) in [7, 11) is -8.09. The Labute approximate surface area is 179 Å². The number of nitro benzene ring substituents is 1. The van der Waals surface area contributed by atoms with Gasteiger partial charge in [-0.05, 0) is 43.5 Å². The Morgan fingerprint density at radius 3 is 2.30 bits per heavy atom. The molecule has 1 heterocycles. The van der Waals surface area contributed by atoms with Crippen LogP contribution in [0.3, 0.4) is 0 Å². The van der Waals surface area contributed by atoms with E-state index < -0.39 is 25.0 Å². The van der Waals surface area contributed by atoms with Crippen molar-refractivity contribution in [1.29, 1.82) is 0 Å². The van der Waals surface area contributed by atoms with E-state index in [1.165, 1.54) is 35.5 Å². The highest BCUT2D eigenvalue weighted by Crippen LogP contribution is 2.31. The molecule has 1 saturated heterocycles. The highest BCUT2D eigenvalue weighted by atomic mass is 35.5. The average Bonchev–Trinajstić information content (AvgIpc) is 2.69. The van der Waals surface area contributed by atoms with E-state index in [9.17, 15) is 26.9 Å². The van der Waals surface area contributed by atoms with Crippen molar-refractivity contribution in [2.75, 3.05) is 17.8 Å². The number of nitrogens with one attached hydrogen (secondary N) is 1. The number of aryl methyl sites for hydroxylation is 1. The summed E-state index contributed by atoms with van der Waals surface area (Å²) in [4.78, 5) is 9.84. The van der Waals surface area contributed by atoms with Gasteiger partial charge in [-0.1, -0.05) is 24.1 Å². The first kappa shape index (κ1) is 22.5. The predicted molar refractivity (Wildman–Crippen MR) is 113 cm³/mol. The van der Waals surface area contributed by atoms with Gasteiger partial charge in [-0.25, -0.2) is 16.8 Å². The predicted octanol–water partition coefficient (Wildman–Crippen LogP) is 3.53. The van der Waals surface area contributed by atoms with Crippen LogP contribution in [0.1, 0.15) is 24.8 Å². The molecule has 0 saturated carbocycles. The number of sulfonamides is 2. The lowest BCUT2D eigenvalue weighted by atomic mass is 10.2. The Morgan fingerprint density at radius 1 is 1.00 bits per heavy atom. The molecule has 1 aliphatic rings. The molecule has 12 heteroatoms. The number of rotatable bonds is 6. The SMILES string of the molecule is Cc1ccc([N+](=O)[O-])cc1S(=O)(=O)Nc1ccc(Cl)c(S(=O)(=O)N2CCCCC2)c1. The maximum Gasteiger partial charge on any atom is 0.270 e. The Morgan fingerprint density at radius 2 is 1.67 bits per heavy atom. The highest BCUT2D eigenvalue weighted by Gasteiger charge is 2.29. The molecule has 3 rings (SSSR count).